The molecule has 2 heterocycles. The Balaban J connectivity index is 1.99. The minimum absolute atomic E-state index is 0.180. The van der Waals surface area contributed by atoms with Crippen LogP contribution in [0.15, 0.2) is 47.5 Å². The molecule has 3 nitrogen and oxygen atoms in total. The molecule has 1 aromatic heterocycles. The van der Waals surface area contributed by atoms with Gasteiger partial charge >= 0.3 is 0 Å². The number of rotatable bonds is 1. The number of hydrogen-bond acceptors (Lipinski definition) is 3. The zero-order chi connectivity index (χ0) is 17.8. The number of fused-ring (bicyclic) bond motifs is 2. The van der Waals surface area contributed by atoms with E-state index in [-0.39, 0.29) is 5.92 Å². The normalized spacial score (nSPS) is 18.8. The van der Waals surface area contributed by atoms with Gasteiger partial charge in [0, 0.05) is 28.5 Å². The lowest BCUT2D eigenvalue weighted by Crippen LogP contribution is -2.34. The fourth-order valence-electron chi connectivity index (χ4n) is 3.31. The lowest BCUT2D eigenvalue weighted by Gasteiger charge is -2.35. The van der Waals surface area contributed by atoms with E-state index < -0.39 is 17.2 Å². The largest absolute Gasteiger partial charge is 0.276 e. The van der Waals surface area contributed by atoms with E-state index in [0.29, 0.717) is 22.5 Å². The Bertz CT molecular complexity index is 1020. The Hall–Kier alpha value is -2.69. The summed E-state index contributed by atoms with van der Waals surface area (Å²) in [6.45, 7) is 5.79. The van der Waals surface area contributed by atoms with Crippen molar-refractivity contribution in [3.05, 3.63) is 70.9 Å². The number of aliphatic imine (C=N–C) groups is 1. The van der Waals surface area contributed by atoms with Gasteiger partial charge in [-0.2, -0.15) is 0 Å². The summed E-state index contributed by atoms with van der Waals surface area (Å²) in [4.78, 5) is 4.78. The van der Waals surface area contributed by atoms with Crippen molar-refractivity contribution in [2.24, 2.45) is 4.99 Å². The number of halogens is 2. The first-order chi connectivity index (χ1) is 11.9. The zero-order valence-electron chi connectivity index (χ0n) is 14.2. The molecule has 2 aromatic carbocycles. The SMILES string of the molecule is CC1c2c(F)cc(F)cc2C(c2cc3ccccc3nn2)=NC1(C)C. The quantitative estimate of drug-likeness (QED) is 0.649. The Morgan fingerprint density at radius 2 is 1.76 bits per heavy atom. The van der Waals surface area contributed by atoms with E-state index in [9.17, 15) is 8.78 Å². The molecular formula is C20H17F2N3. The third-order valence-electron chi connectivity index (χ3n) is 4.98. The Morgan fingerprint density at radius 1 is 1.00 bits per heavy atom. The highest BCUT2D eigenvalue weighted by atomic mass is 19.1. The van der Waals surface area contributed by atoms with Crippen LogP contribution in [-0.2, 0) is 0 Å². The van der Waals surface area contributed by atoms with Crippen LogP contribution in [0.25, 0.3) is 10.9 Å². The average molecular weight is 337 g/mol. The molecule has 0 bridgehead atoms. The maximum absolute atomic E-state index is 14.5. The van der Waals surface area contributed by atoms with Crippen molar-refractivity contribution in [3.63, 3.8) is 0 Å². The van der Waals surface area contributed by atoms with Crippen molar-refractivity contribution >= 4 is 16.6 Å². The van der Waals surface area contributed by atoms with Gasteiger partial charge in [-0.25, -0.2) is 8.78 Å². The summed E-state index contributed by atoms with van der Waals surface area (Å²) < 4.78 is 28.4. The van der Waals surface area contributed by atoms with Gasteiger partial charge in [0.2, 0.25) is 0 Å². The zero-order valence-corrected chi connectivity index (χ0v) is 14.2. The second-order valence-electron chi connectivity index (χ2n) is 6.97. The maximum Gasteiger partial charge on any atom is 0.130 e. The third kappa shape index (κ3) is 2.51. The van der Waals surface area contributed by atoms with E-state index in [1.165, 1.54) is 6.07 Å². The van der Waals surface area contributed by atoms with Gasteiger partial charge in [0.25, 0.3) is 0 Å². The molecule has 0 amide bonds. The second kappa shape index (κ2) is 5.41. The first-order valence-electron chi connectivity index (χ1n) is 8.19. The van der Waals surface area contributed by atoms with Gasteiger partial charge in [-0.15, -0.1) is 10.2 Å². The molecule has 1 aliphatic rings. The van der Waals surface area contributed by atoms with Crippen molar-refractivity contribution in [2.45, 2.75) is 32.2 Å². The van der Waals surface area contributed by atoms with E-state index in [1.807, 2.05) is 51.1 Å². The minimum atomic E-state index is -0.621. The molecule has 0 saturated carbocycles. The fraction of sp³-hybridized carbons (Fsp3) is 0.250. The van der Waals surface area contributed by atoms with Crippen LogP contribution in [0.3, 0.4) is 0 Å². The number of nitrogens with zero attached hydrogens (tertiary/aromatic N) is 3. The van der Waals surface area contributed by atoms with Crippen LogP contribution in [0, 0.1) is 11.6 Å². The van der Waals surface area contributed by atoms with Crippen molar-refractivity contribution in [3.8, 4) is 0 Å². The van der Waals surface area contributed by atoms with E-state index in [2.05, 4.69) is 10.2 Å². The molecular weight excluding hydrogens is 320 g/mol. The molecule has 3 aromatic rings. The van der Waals surface area contributed by atoms with Crippen LogP contribution in [0.1, 0.15) is 43.5 Å². The van der Waals surface area contributed by atoms with Crippen molar-refractivity contribution < 1.29 is 8.78 Å². The molecule has 0 N–H and O–H groups in total. The van der Waals surface area contributed by atoms with Crippen LogP contribution in [0.2, 0.25) is 0 Å². The predicted octanol–water partition coefficient (Wildman–Crippen LogP) is 4.64. The Morgan fingerprint density at radius 3 is 2.56 bits per heavy atom. The average Bonchev–Trinajstić information content (AvgIpc) is 2.57. The van der Waals surface area contributed by atoms with E-state index in [0.717, 1.165) is 17.0 Å². The summed E-state index contributed by atoms with van der Waals surface area (Å²) in [5.41, 5.74) is 2.16. The second-order valence-corrected chi connectivity index (χ2v) is 6.97. The topological polar surface area (TPSA) is 38.1 Å². The van der Waals surface area contributed by atoms with Gasteiger partial charge in [0.15, 0.2) is 0 Å². The molecule has 0 saturated heterocycles. The molecule has 25 heavy (non-hydrogen) atoms. The number of aromatic nitrogens is 2. The fourth-order valence-corrected chi connectivity index (χ4v) is 3.31. The van der Waals surface area contributed by atoms with E-state index in [1.54, 1.807) is 0 Å². The summed E-state index contributed by atoms with van der Waals surface area (Å²) in [6.07, 6.45) is 0. The minimum Gasteiger partial charge on any atom is -0.276 e. The van der Waals surface area contributed by atoms with Gasteiger partial charge in [-0.1, -0.05) is 25.1 Å². The standard InChI is InChI=1S/C20H17F2N3/c1-11-18-14(9-13(21)10-15(18)22)19(23-20(11,2)3)17-8-12-6-4-5-7-16(12)24-25-17/h4-11H,1-3H3. The Kier molecular flexibility index (Phi) is 3.42. The van der Waals surface area contributed by atoms with Crippen molar-refractivity contribution in [1.82, 2.24) is 10.2 Å². The first kappa shape index (κ1) is 15.8. The molecule has 5 heteroatoms. The molecule has 126 valence electrons. The highest BCUT2D eigenvalue weighted by Gasteiger charge is 2.37. The van der Waals surface area contributed by atoms with Crippen LogP contribution in [-0.4, -0.2) is 21.4 Å². The van der Waals surface area contributed by atoms with Gasteiger partial charge in [0.1, 0.15) is 17.3 Å². The highest BCUT2D eigenvalue weighted by Crippen LogP contribution is 2.40. The maximum atomic E-state index is 14.5. The lowest BCUT2D eigenvalue weighted by molar-refractivity contribution is 0.415. The monoisotopic (exact) mass is 337 g/mol. The summed E-state index contributed by atoms with van der Waals surface area (Å²) in [6, 6.07) is 11.7. The van der Waals surface area contributed by atoms with Gasteiger partial charge < -0.3 is 0 Å². The van der Waals surface area contributed by atoms with Crippen LogP contribution < -0.4 is 0 Å². The molecule has 1 unspecified atom stereocenters. The van der Waals surface area contributed by atoms with Gasteiger partial charge in [0.05, 0.1) is 16.8 Å². The molecule has 0 aliphatic carbocycles. The Labute approximate surface area is 144 Å². The summed E-state index contributed by atoms with van der Waals surface area (Å²) in [5, 5.41) is 9.38. The summed E-state index contributed by atoms with van der Waals surface area (Å²) in [7, 11) is 0. The molecule has 0 radical (unpaired) electrons. The van der Waals surface area contributed by atoms with Crippen LogP contribution >= 0.6 is 0 Å². The van der Waals surface area contributed by atoms with Gasteiger partial charge in [-0.3, -0.25) is 4.99 Å². The van der Waals surface area contributed by atoms with Gasteiger partial charge in [-0.05, 0) is 32.0 Å². The number of hydrogen-bond donors (Lipinski definition) is 0. The molecule has 1 atom stereocenters. The molecule has 0 spiro atoms. The summed E-state index contributed by atoms with van der Waals surface area (Å²) >= 11 is 0. The molecule has 1 aliphatic heterocycles. The van der Waals surface area contributed by atoms with Crippen LogP contribution in [0.5, 0.6) is 0 Å². The number of benzene rings is 2. The van der Waals surface area contributed by atoms with E-state index >= 15 is 0 Å². The van der Waals surface area contributed by atoms with E-state index in [4.69, 9.17) is 4.99 Å². The predicted molar refractivity (Wildman–Crippen MR) is 94.0 cm³/mol. The highest BCUT2D eigenvalue weighted by molar-refractivity contribution is 6.14. The smallest absolute Gasteiger partial charge is 0.130 e. The summed E-state index contributed by atoms with van der Waals surface area (Å²) in [5.74, 6) is -1.35. The van der Waals surface area contributed by atoms with Crippen LogP contribution in [0.4, 0.5) is 8.78 Å². The third-order valence-corrected chi connectivity index (χ3v) is 4.98. The van der Waals surface area contributed by atoms with Crippen molar-refractivity contribution in [1.29, 1.82) is 0 Å². The molecule has 0 fully saturated rings. The van der Waals surface area contributed by atoms with Crippen molar-refractivity contribution in [2.75, 3.05) is 0 Å². The molecule has 4 rings (SSSR count). The first-order valence-corrected chi connectivity index (χ1v) is 8.19. The lowest BCUT2D eigenvalue weighted by atomic mass is 9.77.